The van der Waals surface area contributed by atoms with E-state index in [1.165, 1.54) is 25.1 Å². The van der Waals surface area contributed by atoms with Gasteiger partial charge in [0.1, 0.15) is 0 Å². The summed E-state index contributed by atoms with van der Waals surface area (Å²) >= 11 is 0. The Labute approximate surface area is 74.8 Å². The summed E-state index contributed by atoms with van der Waals surface area (Å²) < 4.78 is 0. The summed E-state index contributed by atoms with van der Waals surface area (Å²) in [4.78, 5) is 21.7. The number of carbonyl (C=O) groups is 1. The van der Waals surface area contributed by atoms with Crippen LogP contribution in [0.1, 0.15) is 6.92 Å². The van der Waals surface area contributed by atoms with Crippen molar-refractivity contribution in [2.45, 2.75) is 6.92 Å². The summed E-state index contributed by atoms with van der Waals surface area (Å²) in [7, 11) is 0. The van der Waals surface area contributed by atoms with Crippen LogP contribution < -0.4 is 10.7 Å². The second-order valence-electron chi connectivity index (χ2n) is 2.56. The van der Waals surface area contributed by atoms with Crippen molar-refractivity contribution in [2.75, 3.05) is 5.32 Å². The zero-order valence-electron chi connectivity index (χ0n) is 7.07. The topological polar surface area (TPSA) is 66.4 Å². The number of rotatable bonds is 1. The van der Waals surface area contributed by atoms with E-state index in [0.29, 0.717) is 5.69 Å². The van der Waals surface area contributed by atoms with Crippen LogP contribution in [0.2, 0.25) is 0 Å². The van der Waals surface area contributed by atoms with Crippen LogP contribution in [0.5, 0.6) is 5.75 Å². The maximum atomic E-state index is 11.0. The average molecular weight is 179 g/mol. The van der Waals surface area contributed by atoms with Gasteiger partial charge in [-0.1, -0.05) is 6.07 Å². The molecule has 4 nitrogen and oxygen atoms in total. The van der Waals surface area contributed by atoms with Crippen molar-refractivity contribution < 1.29 is 9.90 Å². The van der Waals surface area contributed by atoms with E-state index < -0.39 is 5.43 Å². The molecule has 0 aromatic heterocycles. The molecule has 1 aromatic rings. The van der Waals surface area contributed by atoms with Crippen LogP contribution in [0.4, 0.5) is 5.69 Å². The molecule has 0 spiro atoms. The fourth-order valence-electron chi connectivity index (χ4n) is 0.869. The van der Waals surface area contributed by atoms with Gasteiger partial charge in [-0.3, -0.25) is 9.59 Å². The molecule has 2 N–H and O–H groups in total. The van der Waals surface area contributed by atoms with E-state index >= 15 is 0 Å². The first-order valence-electron chi connectivity index (χ1n) is 3.70. The lowest BCUT2D eigenvalue weighted by atomic mass is 10.4. The number of hydrogen-bond donors (Lipinski definition) is 2. The van der Waals surface area contributed by atoms with Crippen LogP contribution in [-0.4, -0.2) is 11.0 Å². The summed E-state index contributed by atoms with van der Waals surface area (Å²) in [5.41, 5.74) is -0.147. The molecule has 0 atom stereocenters. The van der Waals surface area contributed by atoms with Crippen LogP contribution in [0.25, 0.3) is 0 Å². The van der Waals surface area contributed by atoms with Gasteiger partial charge in [-0.25, -0.2) is 0 Å². The van der Waals surface area contributed by atoms with E-state index in [-0.39, 0.29) is 11.7 Å². The van der Waals surface area contributed by atoms with Crippen molar-refractivity contribution in [3.63, 3.8) is 0 Å². The minimum atomic E-state index is -0.520. The summed E-state index contributed by atoms with van der Waals surface area (Å²) in [6.45, 7) is 1.34. The first-order valence-corrected chi connectivity index (χ1v) is 3.70. The molecular formula is C9H9NO3. The zero-order valence-corrected chi connectivity index (χ0v) is 7.07. The van der Waals surface area contributed by atoms with Gasteiger partial charge in [-0.15, -0.1) is 0 Å². The Morgan fingerprint density at radius 1 is 1.46 bits per heavy atom. The van der Waals surface area contributed by atoms with Crippen molar-refractivity contribution in [3.05, 3.63) is 34.5 Å². The Bertz CT molecular complexity index is 387. The quantitative estimate of drug-likeness (QED) is 0.667. The van der Waals surface area contributed by atoms with Gasteiger partial charge in [0.2, 0.25) is 11.3 Å². The minimum absolute atomic E-state index is 0.259. The molecule has 4 heteroatoms. The van der Waals surface area contributed by atoms with E-state index in [0.717, 1.165) is 6.07 Å². The minimum Gasteiger partial charge on any atom is -0.504 e. The smallest absolute Gasteiger partial charge is 0.222 e. The summed E-state index contributed by atoms with van der Waals surface area (Å²) in [5.74, 6) is -0.596. The first-order chi connectivity index (χ1) is 6.09. The summed E-state index contributed by atoms with van der Waals surface area (Å²) in [6, 6.07) is 5.45. The monoisotopic (exact) mass is 179 g/mol. The Morgan fingerprint density at radius 2 is 2.15 bits per heavy atom. The van der Waals surface area contributed by atoms with Crippen LogP contribution in [0, 0.1) is 0 Å². The third-order valence-electron chi connectivity index (χ3n) is 1.39. The fourth-order valence-corrected chi connectivity index (χ4v) is 0.869. The van der Waals surface area contributed by atoms with Gasteiger partial charge >= 0.3 is 0 Å². The number of anilines is 1. The molecule has 0 saturated heterocycles. The van der Waals surface area contributed by atoms with Crippen LogP contribution >= 0.6 is 0 Å². The Balaban J connectivity index is 3.14. The lowest BCUT2D eigenvalue weighted by molar-refractivity contribution is -0.114. The number of nitrogens with one attached hydrogen (secondary N) is 1. The van der Waals surface area contributed by atoms with Gasteiger partial charge in [0.25, 0.3) is 0 Å². The third-order valence-corrected chi connectivity index (χ3v) is 1.39. The van der Waals surface area contributed by atoms with Gasteiger partial charge in [-0.2, -0.15) is 0 Å². The highest BCUT2D eigenvalue weighted by atomic mass is 16.3. The molecule has 0 aliphatic carbocycles. The predicted molar refractivity (Wildman–Crippen MR) is 48.7 cm³/mol. The molecule has 1 amide bonds. The number of hydrogen-bond acceptors (Lipinski definition) is 3. The Morgan fingerprint density at radius 3 is 2.77 bits per heavy atom. The molecule has 0 aliphatic rings. The molecule has 0 unspecified atom stereocenters. The van der Waals surface area contributed by atoms with Gasteiger partial charge < -0.3 is 10.4 Å². The maximum absolute atomic E-state index is 11.0. The molecule has 0 heterocycles. The molecule has 1 rings (SSSR count). The van der Waals surface area contributed by atoms with Crippen molar-refractivity contribution in [1.29, 1.82) is 0 Å². The van der Waals surface area contributed by atoms with E-state index in [4.69, 9.17) is 5.11 Å². The van der Waals surface area contributed by atoms with E-state index in [9.17, 15) is 9.59 Å². The molecule has 13 heavy (non-hydrogen) atoms. The maximum Gasteiger partial charge on any atom is 0.222 e. The SMILES string of the molecule is CC(=O)Nc1cccc(O)c(=O)c1. The highest BCUT2D eigenvalue weighted by molar-refractivity contribution is 5.88. The number of aromatic hydroxyl groups is 1. The average Bonchev–Trinajstić information content (AvgIpc) is 2.14. The zero-order chi connectivity index (χ0) is 9.84. The molecule has 0 fully saturated rings. The van der Waals surface area contributed by atoms with Crippen LogP contribution in [0.3, 0.4) is 0 Å². The predicted octanol–water partition coefficient (Wildman–Crippen LogP) is 0.711. The third kappa shape index (κ3) is 2.59. The number of amides is 1. The summed E-state index contributed by atoms with van der Waals surface area (Å²) in [5, 5.41) is 11.5. The van der Waals surface area contributed by atoms with Gasteiger partial charge in [0.15, 0.2) is 5.75 Å². The van der Waals surface area contributed by atoms with Crippen molar-refractivity contribution >= 4 is 11.6 Å². The van der Waals surface area contributed by atoms with Gasteiger partial charge in [0, 0.05) is 18.7 Å². The standard InChI is InChI=1S/C9H9NO3/c1-6(11)10-7-3-2-4-8(12)9(13)5-7/h2-5H,1H3,(H,10,11)(H,12,13). The normalized spacial score (nSPS) is 9.31. The second-order valence-corrected chi connectivity index (χ2v) is 2.56. The molecule has 1 aromatic carbocycles. The Hall–Kier alpha value is -1.84. The summed E-state index contributed by atoms with van der Waals surface area (Å²) in [6.07, 6.45) is 0. The molecule has 68 valence electrons. The molecule has 0 bridgehead atoms. The van der Waals surface area contributed by atoms with Crippen molar-refractivity contribution in [3.8, 4) is 5.75 Å². The lowest BCUT2D eigenvalue weighted by Crippen LogP contribution is -2.06. The highest BCUT2D eigenvalue weighted by Gasteiger charge is 1.96. The molecule has 0 aliphatic heterocycles. The van der Waals surface area contributed by atoms with Crippen molar-refractivity contribution in [2.24, 2.45) is 0 Å². The molecule has 0 radical (unpaired) electrons. The fraction of sp³-hybridized carbons (Fsp3) is 0.111. The van der Waals surface area contributed by atoms with E-state index in [1.54, 1.807) is 0 Å². The molecule has 0 saturated carbocycles. The van der Waals surface area contributed by atoms with Gasteiger partial charge in [0.05, 0.1) is 0 Å². The van der Waals surface area contributed by atoms with E-state index in [2.05, 4.69) is 5.32 Å². The second kappa shape index (κ2) is 3.71. The highest BCUT2D eigenvalue weighted by Crippen LogP contribution is 2.05. The van der Waals surface area contributed by atoms with Gasteiger partial charge in [-0.05, 0) is 12.1 Å². The Kier molecular flexibility index (Phi) is 2.64. The first kappa shape index (κ1) is 9.25. The number of carbonyl (C=O) groups excluding carboxylic acids is 1. The lowest BCUT2D eigenvalue weighted by Gasteiger charge is -1.95. The van der Waals surface area contributed by atoms with Crippen LogP contribution in [-0.2, 0) is 4.79 Å². The van der Waals surface area contributed by atoms with E-state index in [1.807, 2.05) is 0 Å². The van der Waals surface area contributed by atoms with Crippen molar-refractivity contribution in [1.82, 2.24) is 0 Å². The molecular weight excluding hydrogens is 170 g/mol. The largest absolute Gasteiger partial charge is 0.504 e. The van der Waals surface area contributed by atoms with Crippen LogP contribution in [0.15, 0.2) is 29.1 Å².